The van der Waals surface area contributed by atoms with Crippen molar-refractivity contribution in [1.82, 2.24) is 10.0 Å². The quantitative estimate of drug-likeness (QED) is 0.725. The third-order valence-electron chi connectivity index (χ3n) is 5.40. The molecule has 2 aromatic carbocycles. The predicted molar refractivity (Wildman–Crippen MR) is 103 cm³/mol. The van der Waals surface area contributed by atoms with Crippen molar-refractivity contribution in [3.8, 4) is 0 Å². The summed E-state index contributed by atoms with van der Waals surface area (Å²) in [6, 6.07) is 18.0. The lowest BCUT2D eigenvalue weighted by molar-refractivity contribution is -0.117. The van der Waals surface area contributed by atoms with Crippen molar-refractivity contribution in [2.24, 2.45) is 5.92 Å². The van der Waals surface area contributed by atoms with E-state index in [2.05, 4.69) is 0 Å². The van der Waals surface area contributed by atoms with Crippen LogP contribution in [0.2, 0.25) is 0 Å². The molecule has 0 N–H and O–H groups in total. The van der Waals surface area contributed by atoms with Gasteiger partial charge in [0.05, 0.1) is 12.1 Å². The highest BCUT2D eigenvalue weighted by Crippen LogP contribution is 2.41. The second-order valence-corrected chi connectivity index (χ2v) is 7.26. The summed E-state index contributed by atoms with van der Waals surface area (Å²) in [6.45, 7) is 0.198. The Morgan fingerprint density at radius 3 is 1.86 bits per heavy atom. The third kappa shape index (κ3) is 3.94. The van der Waals surface area contributed by atoms with Crippen LogP contribution in [0.15, 0.2) is 60.7 Å². The summed E-state index contributed by atoms with van der Waals surface area (Å²) < 4.78 is 10.8. The summed E-state index contributed by atoms with van der Waals surface area (Å²) in [5.41, 5.74) is 1.70. The summed E-state index contributed by atoms with van der Waals surface area (Å²) in [5.74, 6) is -0.303. The molecular weight excluding hydrogens is 372 g/mol. The molecule has 1 saturated heterocycles. The molecule has 1 saturated carbocycles. The molecule has 0 unspecified atom stereocenters. The van der Waals surface area contributed by atoms with Crippen molar-refractivity contribution in [2.75, 3.05) is 0 Å². The molecule has 1 heterocycles. The van der Waals surface area contributed by atoms with Gasteiger partial charge in [-0.2, -0.15) is 0 Å². The molecule has 0 aromatic heterocycles. The molecule has 0 radical (unpaired) electrons. The van der Waals surface area contributed by atoms with Crippen LogP contribution in [-0.4, -0.2) is 40.6 Å². The minimum atomic E-state index is -0.649. The van der Waals surface area contributed by atoms with Crippen LogP contribution in [0.5, 0.6) is 0 Å². The van der Waals surface area contributed by atoms with E-state index < -0.39 is 12.2 Å². The van der Waals surface area contributed by atoms with Gasteiger partial charge in [0.2, 0.25) is 0 Å². The summed E-state index contributed by atoms with van der Waals surface area (Å²) >= 11 is 0. The molecule has 2 amide bonds. The van der Waals surface area contributed by atoms with Crippen LogP contribution in [0.1, 0.15) is 24.0 Å². The highest BCUT2D eigenvalue weighted by molar-refractivity contribution is 5.77. The van der Waals surface area contributed by atoms with E-state index in [1.807, 2.05) is 60.7 Å². The maximum absolute atomic E-state index is 12.8. The number of carbonyl (C=O) groups excluding carboxylic acids is 3. The molecule has 2 fully saturated rings. The first-order valence-corrected chi connectivity index (χ1v) is 9.62. The summed E-state index contributed by atoms with van der Waals surface area (Å²) in [5, 5.41) is 2.59. The van der Waals surface area contributed by atoms with E-state index in [1.165, 1.54) is 10.0 Å². The third-order valence-corrected chi connectivity index (χ3v) is 5.40. The number of carbonyl (C=O) groups is 3. The molecule has 3 atom stereocenters. The van der Waals surface area contributed by atoms with Crippen molar-refractivity contribution in [3.05, 3.63) is 71.8 Å². The summed E-state index contributed by atoms with van der Waals surface area (Å²) in [6.07, 6.45) is 0.669. The molecule has 1 aliphatic carbocycles. The first kappa shape index (κ1) is 19.0. The highest BCUT2D eigenvalue weighted by Gasteiger charge is 2.55. The number of ether oxygens (including phenoxy) is 2. The van der Waals surface area contributed by atoms with Gasteiger partial charge in [-0.25, -0.2) is 19.6 Å². The van der Waals surface area contributed by atoms with Crippen molar-refractivity contribution in [2.45, 2.75) is 38.1 Å². The Hall–Kier alpha value is -3.35. The molecule has 0 spiro atoms. The van der Waals surface area contributed by atoms with Crippen LogP contribution in [0.25, 0.3) is 0 Å². The minimum absolute atomic E-state index is 0.0895. The predicted octanol–water partition coefficient (Wildman–Crippen LogP) is 3.54. The van der Waals surface area contributed by atoms with Gasteiger partial charge in [-0.15, -0.1) is 0 Å². The number of rotatable bonds is 5. The minimum Gasteiger partial charge on any atom is -0.443 e. The lowest BCUT2D eigenvalue weighted by atomic mass is 10.0. The summed E-state index contributed by atoms with van der Waals surface area (Å²) in [4.78, 5) is 37.0. The number of aldehydes is 1. The Kier molecular flexibility index (Phi) is 5.46. The second kappa shape index (κ2) is 8.34. The fourth-order valence-corrected chi connectivity index (χ4v) is 4.02. The van der Waals surface area contributed by atoms with Crippen LogP contribution in [-0.2, 0) is 27.5 Å². The lowest BCUT2D eigenvalue weighted by Crippen LogP contribution is -2.56. The van der Waals surface area contributed by atoms with Crippen LogP contribution in [0.4, 0.5) is 9.59 Å². The van der Waals surface area contributed by atoms with Gasteiger partial charge >= 0.3 is 12.2 Å². The van der Waals surface area contributed by atoms with Gasteiger partial charge in [0.15, 0.2) is 0 Å². The fraction of sp³-hybridized carbons (Fsp3) is 0.318. The average Bonchev–Trinajstić information content (AvgIpc) is 3.36. The zero-order valence-electron chi connectivity index (χ0n) is 15.8. The Bertz CT molecular complexity index is 873. The van der Waals surface area contributed by atoms with Crippen LogP contribution in [0, 0.1) is 5.92 Å². The van der Waals surface area contributed by atoms with E-state index in [4.69, 9.17) is 9.47 Å². The molecule has 2 aromatic rings. The van der Waals surface area contributed by atoms with E-state index in [0.29, 0.717) is 12.8 Å². The number of nitrogens with zero attached hydrogens (tertiary/aromatic N) is 2. The van der Waals surface area contributed by atoms with E-state index >= 15 is 0 Å². The number of fused-ring (bicyclic) bond motifs is 2. The van der Waals surface area contributed by atoms with Crippen molar-refractivity contribution in [3.63, 3.8) is 0 Å². The zero-order valence-corrected chi connectivity index (χ0v) is 15.8. The smallest absolute Gasteiger partial charge is 0.429 e. The molecule has 29 heavy (non-hydrogen) atoms. The number of hydrogen-bond acceptors (Lipinski definition) is 5. The Labute approximate surface area is 168 Å². The monoisotopic (exact) mass is 394 g/mol. The van der Waals surface area contributed by atoms with Gasteiger partial charge in [0.1, 0.15) is 19.5 Å². The van der Waals surface area contributed by atoms with Crippen LogP contribution < -0.4 is 0 Å². The molecule has 7 nitrogen and oxygen atoms in total. The number of hydrazine groups is 1. The van der Waals surface area contributed by atoms with E-state index in [0.717, 1.165) is 17.4 Å². The number of amides is 2. The maximum atomic E-state index is 12.8. The van der Waals surface area contributed by atoms with Crippen LogP contribution >= 0.6 is 0 Å². The molecule has 150 valence electrons. The van der Waals surface area contributed by atoms with Gasteiger partial charge in [0, 0.05) is 5.92 Å². The van der Waals surface area contributed by atoms with Gasteiger partial charge in [-0.1, -0.05) is 60.7 Å². The standard InChI is InChI=1S/C22H22N2O5/c25-13-18-11-19-12-20(18)24(22(27)29-15-17-9-5-2-6-10-17)23(19)21(26)28-14-16-7-3-1-4-8-16/h1-10,13,18-20H,11-12,14-15H2/t18-,19+,20+/m1/s1. The molecule has 4 rings (SSSR count). The second-order valence-electron chi connectivity index (χ2n) is 7.26. The van der Waals surface area contributed by atoms with Crippen molar-refractivity contribution < 1.29 is 23.9 Å². The van der Waals surface area contributed by atoms with E-state index in [-0.39, 0.29) is 31.2 Å². The number of benzene rings is 2. The van der Waals surface area contributed by atoms with Gasteiger partial charge in [-0.05, 0) is 24.0 Å². The van der Waals surface area contributed by atoms with Gasteiger partial charge in [-0.3, -0.25) is 0 Å². The zero-order chi connectivity index (χ0) is 20.2. The van der Waals surface area contributed by atoms with E-state index in [9.17, 15) is 14.4 Å². The van der Waals surface area contributed by atoms with E-state index in [1.54, 1.807) is 0 Å². The number of hydrogen-bond donors (Lipinski definition) is 0. The highest BCUT2D eigenvalue weighted by atomic mass is 16.6. The normalized spacial score (nSPS) is 22.4. The van der Waals surface area contributed by atoms with Gasteiger partial charge in [0.25, 0.3) is 0 Å². The Balaban J connectivity index is 1.45. The molecular formula is C22H22N2O5. The van der Waals surface area contributed by atoms with Crippen molar-refractivity contribution in [1.29, 1.82) is 0 Å². The molecule has 7 heteroatoms. The molecule has 2 aliphatic rings. The molecule has 1 aliphatic heterocycles. The summed E-state index contributed by atoms with van der Waals surface area (Å²) in [7, 11) is 0. The Morgan fingerprint density at radius 1 is 0.828 bits per heavy atom. The van der Waals surface area contributed by atoms with Gasteiger partial charge < -0.3 is 14.3 Å². The fourth-order valence-electron chi connectivity index (χ4n) is 4.02. The Morgan fingerprint density at radius 2 is 1.34 bits per heavy atom. The first-order chi connectivity index (χ1) is 14.2. The lowest BCUT2D eigenvalue weighted by Gasteiger charge is -2.38. The molecule has 2 bridgehead atoms. The maximum Gasteiger partial charge on any atom is 0.429 e. The van der Waals surface area contributed by atoms with Crippen LogP contribution in [0.3, 0.4) is 0 Å². The SMILES string of the molecule is O=C[C@H]1C[C@H]2C[C@@H]1N(C(=O)OCc1ccccc1)N2C(=O)OCc1ccccc1. The van der Waals surface area contributed by atoms with Crippen molar-refractivity contribution >= 4 is 18.5 Å². The average molecular weight is 394 g/mol. The first-order valence-electron chi connectivity index (χ1n) is 9.62. The topological polar surface area (TPSA) is 76.2 Å². The largest absolute Gasteiger partial charge is 0.443 e.